The Bertz CT molecular complexity index is 601. The van der Waals surface area contributed by atoms with Crippen LogP contribution in [0.15, 0.2) is 36.4 Å². The maximum absolute atomic E-state index is 10.8. The molecular formula is C13H9O4-. The van der Waals surface area contributed by atoms with E-state index in [1.807, 2.05) is 0 Å². The van der Waals surface area contributed by atoms with Crippen LogP contribution in [0.5, 0.6) is 5.75 Å². The molecule has 0 aromatic heterocycles. The SMILES string of the molecule is CC(=O)Oc1ccc2cc(C(=O)[O-])ccc2c1. The Labute approximate surface area is 97.4 Å². The molecule has 0 N–H and O–H groups in total. The molecular weight excluding hydrogens is 220 g/mol. The van der Waals surface area contributed by atoms with E-state index in [2.05, 4.69) is 0 Å². The Kier molecular flexibility index (Phi) is 2.78. The first-order valence-electron chi connectivity index (χ1n) is 5.00. The molecule has 0 atom stereocenters. The molecule has 17 heavy (non-hydrogen) atoms. The normalized spacial score (nSPS) is 10.2. The molecule has 0 radical (unpaired) electrons. The van der Waals surface area contributed by atoms with Gasteiger partial charge in [-0.2, -0.15) is 0 Å². The number of rotatable bonds is 2. The van der Waals surface area contributed by atoms with Crippen LogP contribution in [0.4, 0.5) is 0 Å². The van der Waals surface area contributed by atoms with Crippen molar-refractivity contribution in [2.45, 2.75) is 6.92 Å². The molecule has 2 aromatic carbocycles. The van der Waals surface area contributed by atoms with Crippen molar-refractivity contribution in [2.75, 3.05) is 0 Å². The maximum atomic E-state index is 10.8. The molecule has 0 aliphatic heterocycles. The number of aromatic carboxylic acids is 1. The summed E-state index contributed by atoms with van der Waals surface area (Å²) in [6.45, 7) is 1.32. The second-order valence-electron chi connectivity index (χ2n) is 3.60. The summed E-state index contributed by atoms with van der Waals surface area (Å²) in [7, 11) is 0. The van der Waals surface area contributed by atoms with Crippen molar-refractivity contribution in [1.82, 2.24) is 0 Å². The molecule has 2 rings (SSSR count). The average Bonchev–Trinajstić information content (AvgIpc) is 2.27. The summed E-state index contributed by atoms with van der Waals surface area (Å²) in [5.74, 6) is -1.17. The number of carboxylic acid groups (broad SMARTS) is 1. The van der Waals surface area contributed by atoms with Crippen LogP contribution < -0.4 is 9.84 Å². The lowest BCUT2D eigenvalue weighted by Crippen LogP contribution is -2.21. The second-order valence-corrected chi connectivity index (χ2v) is 3.60. The minimum absolute atomic E-state index is 0.123. The Morgan fingerprint density at radius 1 is 1.06 bits per heavy atom. The van der Waals surface area contributed by atoms with Crippen molar-refractivity contribution in [2.24, 2.45) is 0 Å². The number of esters is 1. The smallest absolute Gasteiger partial charge is 0.308 e. The van der Waals surface area contributed by atoms with E-state index in [4.69, 9.17) is 4.74 Å². The lowest BCUT2D eigenvalue weighted by Gasteiger charge is -2.06. The lowest BCUT2D eigenvalue weighted by molar-refractivity contribution is -0.255. The molecule has 2 aromatic rings. The van der Waals surface area contributed by atoms with Crippen molar-refractivity contribution in [3.63, 3.8) is 0 Å². The van der Waals surface area contributed by atoms with Crippen molar-refractivity contribution in [1.29, 1.82) is 0 Å². The van der Waals surface area contributed by atoms with Crippen LogP contribution in [0.1, 0.15) is 17.3 Å². The molecule has 0 heterocycles. The fraction of sp³-hybridized carbons (Fsp3) is 0.0769. The van der Waals surface area contributed by atoms with Crippen LogP contribution in [0.2, 0.25) is 0 Å². The fourth-order valence-electron chi connectivity index (χ4n) is 1.58. The summed E-state index contributed by atoms with van der Waals surface area (Å²) in [4.78, 5) is 21.5. The number of fused-ring (bicyclic) bond motifs is 1. The summed E-state index contributed by atoms with van der Waals surface area (Å²) >= 11 is 0. The van der Waals surface area contributed by atoms with Gasteiger partial charge in [0, 0.05) is 6.92 Å². The highest BCUT2D eigenvalue weighted by atomic mass is 16.5. The summed E-state index contributed by atoms with van der Waals surface area (Å²) in [5, 5.41) is 12.2. The zero-order valence-corrected chi connectivity index (χ0v) is 9.10. The number of carboxylic acids is 1. The van der Waals surface area contributed by atoms with Crippen molar-refractivity contribution in [3.8, 4) is 5.75 Å². The van der Waals surface area contributed by atoms with Gasteiger partial charge in [0.25, 0.3) is 0 Å². The minimum atomic E-state index is -1.21. The predicted octanol–water partition coefficient (Wildman–Crippen LogP) is 1.13. The van der Waals surface area contributed by atoms with Gasteiger partial charge in [0.05, 0.1) is 5.97 Å². The average molecular weight is 229 g/mol. The van der Waals surface area contributed by atoms with E-state index in [9.17, 15) is 14.7 Å². The van der Waals surface area contributed by atoms with E-state index < -0.39 is 11.9 Å². The number of benzene rings is 2. The molecule has 0 amide bonds. The monoisotopic (exact) mass is 229 g/mol. The molecule has 0 saturated heterocycles. The zero-order chi connectivity index (χ0) is 12.4. The first-order chi connectivity index (χ1) is 8.06. The van der Waals surface area contributed by atoms with Gasteiger partial charge in [-0.05, 0) is 34.5 Å². The number of hydrogen-bond acceptors (Lipinski definition) is 4. The van der Waals surface area contributed by atoms with Crippen LogP contribution in [0.25, 0.3) is 10.8 Å². The Morgan fingerprint density at radius 3 is 2.35 bits per heavy atom. The molecule has 4 nitrogen and oxygen atoms in total. The highest BCUT2D eigenvalue weighted by Gasteiger charge is 2.01. The highest BCUT2D eigenvalue weighted by molar-refractivity contribution is 5.94. The van der Waals surface area contributed by atoms with Crippen LogP contribution in [-0.4, -0.2) is 11.9 Å². The van der Waals surface area contributed by atoms with Crippen LogP contribution in [0.3, 0.4) is 0 Å². The third-order valence-electron chi connectivity index (χ3n) is 2.31. The van der Waals surface area contributed by atoms with Crippen LogP contribution in [0, 0.1) is 0 Å². The third kappa shape index (κ3) is 2.42. The molecule has 0 spiro atoms. The fourth-order valence-corrected chi connectivity index (χ4v) is 1.58. The van der Waals surface area contributed by atoms with Gasteiger partial charge in [-0.25, -0.2) is 0 Å². The van der Waals surface area contributed by atoms with Gasteiger partial charge in [-0.1, -0.05) is 18.2 Å². The van der Waals surface area contributed by atoms with E-state index in [0.717, 1.165) is 10.8 Å². The first-order valence-corrected chi connectivity index (χ1v) is 5.00. The summed E-state index contributed by atoms with van der Waals surface area (Å²) in [5.41, 5.74) is 0.123. The molecule has 0 aliphatic rings. The van der Waals surface area contributed by atoms with Gasteiger partial charge in [-0.3, -0.25) is 4.79 Å². The van der Waals surface area contributed by atoms with E-state index in [0.29, 0.717) is 5.75 Å². The van der Waals surface area contributed by atoms with Gasteiger partial charge in [0.15, 0.2) is 0 Å². The largest absolute Gasteiger partial charge is 0.545 e. The highest BCUT2D eigenvalue weighted by Crippen LogP contribution is 2.22. The molecule has 4 heteroatoms. The number of carbonyl (C=O) groups is 2. The quantitative estimate of drug-likeness (QED) is 0.572. The minimum Gasteiger partial charge on any atom is -0.545 e. The van der Waals surface area contributed by atoms with Gasteiger partial charge in [0.1, 0.15) is 5.75 Å². The molecule has 0 aliphatic carbocycles. The summed E-state index contributed by atoms with van der Waals surface area (Å²) in [6.07, 6.45) is 0. The molecule has 0 fully saturated rings. The maximum Gasteiger partial charge on any atom is 0.308 e. The standard InChI is InChI=1S/C13H10O4/c1-8(14)17-12-5-4-9-6-11(13(15)16)3-2-10(9)7-12/h2-7H,1H3,(H,15,16)/p-1. The van der Waals surface area contributed by atoms with E-state index in [1.54, 1.807) is 24.3 Å². The predicted molar refractivity (Wildman–Crippen MR) is 59.6 cm³/mol. The van der Waals surface area contributed by atoms with E-state index in [1.165, 1.54) is 19.1 Å². The van der Waals surface area contributed by atoms with E-state index >= 15 is 0 Å². The van der Waals surface area contributed by atoms with Crippen LogP contribution >= 0.6 is 0 Å². The number of hydrogen-bond donors (Lipinski definition) is 0. The zero-order valence-electron chi connectivity index (χ0n) is 9.10. The van der Waals surface area contributed by atoms with Gasteiger partial charge < -0.3 is 14.6 Å². The second kappa shape index (κ2) is 4.25. The van der Waals surface area contributed by atoms with Crippen molar-refractivity contribution in [3.05, 3.63) is 42.0 Å². The Hall–Kier alpha value is -2.36. The Morgan fingerprint density at radius 2 is 1.71 bits per heavy atom. The van der Waals surface area contributed by atoms with E-state index in [-0.39, 0.29) is 5.56 Å². The molecule has 0 saturated carbocycles. The summed E-state index contributed by atoms with van der Waals surface area (Å²) in [6, 6.07) is 9.60. The number of ether oxygens (including phenoxy) is 1. The topological polar surface area (TPSA) is 66.4 Å². The molecule has 86 valence electrons. The van der Waals surface area contributed by atoms with Crippen molar-refractivity contribution < 1.29 is 19.4 Å². The lowest BCUT2D eigenvalue weighted by atomic mass is 10.1. The Balaban J connectivity index is 2.46. The van der Waals surface area contributed by atoms with Crippen LogP contribution in [-0.2, 0) is 4.79 Å². The first kappa shape index (κ1) is 11.1. The van der Waals surface area contributed by atoms with Gasteiger partial charge in [0.2, 0.25) is 0 Å². The third-order valence-corrected chi connectivity index (χ3v) is 2.31. The van der Waals surface area contributed by atoms with Crippen molar-refractivity contribution >= 4 is 22.7 Å². The van der Waals surface area contributed by atoms with Gasteiger partial charge in [-0.15, -0.1) is 0 Å². The van der Waals surface area contributed by atoms with Gasteiger partial charge >= 0.3 is 5.97 Å². The number of carbonyl (C=O) groups excluding carboxylic acids is 2. The molecule has 0 bridgehead atoms. The molecule has 0 unspecified atom stereocenters. The summed E-state index contributed by atoms with van der Waals surface area (Å²) < 4.78 is 4.93.